The third kappa shape index (κ3) is 3.65. The molecule has 140 valence electrons. The number of nitriles is 1. The second-order valence-electron chi connectivity index (χ2n) is 7.31. The summed E-state index contributed by atoms with van der Waals surface area (Å²) < 4.78 is 0. The van der Waals surface area contributed by atoms with Crippen LogP contribution < -0.4 is 5.32 Å². The van der Waals surface area contributed by atoms with Crippen molar-refractivity contribution in [1.29, 1.82) is 5.26 Å². The predicted molar refractivity (Wildman–Crippen MR) is 102 cm³/mol. The first kappa shape index (κ1) is 17.5. The maximum Gasteiger partial charge on any atom is 0.241 e. The minimum Gasteiger partial charge on any atom is -0.376 e. The van der Waals surface area contributed by atoms with Crippen LogP contribution in [0, 0.1) is 17.2 Å². The molecule has 27 heavy (non-hydrogen) atoms. The van der Waals surface area contributed by atoms with Crippen LogP contribution in [-0.2, 0) is 4.79 Å². The summed E-state index contributed by atoms with van der Waals surface area (Å²) in [5, 5.41) is 12.3. The summed E-state index contributed by atoms with van der Waals surface area (Å²) in [5.41, 5.74) is 4.49. The number of nitrogens with one attached hydrogen (secondary N) is 2. The molecule has 3 heterocycles. The number of piperidine rings is 1. The lowest BCUT2D eigenvalue weighted by Gasteiger charge is -2.29. The van der Waals surface area contributed by atoms with Gasteiger partial charge in [-0.2, -0.15) is 5.26 Å². The molecular formula is C20H24N6O. The van der Waals surface area contributed by atoms with Gasteiger partial charge in [-0.1, -0.05) is 6.08 Å². The Bertz CT molecular complexity index is 912. The standard InChI is InChI=1S/C20H24N6O/c1-2-16(22-12-18(27)26-7-5-13(9-21)6-8-26)15-10-23-20-19(15)25-17(11-24-20)14-3-4-14/h2,10-11,13-14,22H,3-8,12H2,1H3,(H,23,24). The molecule has 2 fully saturated rings. The van der Waals surface area contributed by atoms with Crippen molar-refractivity contribution in [2.75, 3.05) is 19.6 Å². The van der Waals surface area contributed by atoms with Crippen LogP contribution in [-0.4, -0.2) is 45.4 Å². The molecule has 4 rings (SSSR count). The van der Waals surface area contributed by atoms with E-state index >= 15 is 0 Å². The highest BCUT2D eigenvalue weighted by molar-refractivity contribution is 5.88. The zero-order valence-electron chi connectivity index (χ0n) is 15.5. The monoisotopic (exact) mass is 364 g/mol. The molecule has 1 aliphatic carbocycles. The highest BCUT2D eigenvalue weighted by atomic mass is 16.2. The van der Waals surface area contributed by atoms with Crippen molar-refractivity contribution in [1.82, 2.24) is 25.2 Å². The average molecular weight is 364 g/mol. The van der Waals surface area contributed by atoms with Crippen molar-refractivity contribution < 1.29 is 4.79 Å². The van der Waals surface area contributed by atoms with Crippen molar-refractivity contribution in [2.24, 2.45) is 5.92 Å². The topological polar surface area (TPSA) is 97.7 Å². The summed E-state index contributed by atoms with van der Waals surface area (Å²) in [7, 11) is 0. The Morgan fingerprint density at radius 1 is 1.41 bits per heavy atom. The van der Waals surface area contributed by atoms with Crippen molar-refractivity contribution in [3.8, 4) is 6.07 Å². The number of fused-ring (bicyclic) bond motifs is 1. The fourth-order valence-electron chi connectivity index (χ4n) is 3.58. The molecule has 2 aliphatic rings. The lowest BCUT2D eigenvalue weighted by atomic mass is 9.98. The third-order valence-electron chi connectivity index (χ3n) is 5.43. The molecule has 7 nitrogen and oxygen atoms in total. The van der Waals surface area contributed by atoms with Crippen LogP contribution in [0.5, 0.6) is 0 Å². The van der Waals surface area contributed by atoms with Gasteiger partial charge in [0.25, 0.3) is 0 Å². The predicted octanol–water partition coefficient (Wildman–Crippen LogP) is 2.55. The Labute approximate surface area is 158 Å². The number of likely N-dealkylation sites (tertiary alicyclic amines) is 1. The Hall–Kier alpha value is -2.88. The van der Waals surface area contributed by atoms with Crippen molar-refractivity contribution in [3.63, 3.8) is 0 Å². The summed E-state index contributed by atoms with van der Waals surface area (Å²) in [4.78, 5) is 26.8. The van der Waals surface area contributed by atoms with Crippen molar-refractivity contribution in [2.45, 2.75) is 38.5 Å². The summed E-state index contributed by atoms with van der Waals surface area (Å²) in [6.07, 6.45) is 9.62. The molecule has 2 aromatic rings. The number of nitrogens with zero attached hydrogens (tertiary/aromatic N) is 4. The van der Waals surface area contributed by atoms with E-state index in [0.29, 0.717) is 19.0 Å². The van der Waals surface area contributed by atoms with Gasteiger partial charge in [-0.3, -0.25) is 4.79 Å². The molecule has 2 aromatic heterocycles. The quantitative estimate of drug-likeness (QED) is 0.850. The first-order valence-corrected chi connectivity index (χ1v) is 9.61. The van der Waals surface area contributed by atoms with Crippen LogP contribution in [0.15, 0.2) is 18.5 Å². The second kappa shape index (κ2) is 7.39. The van der Waals surface area contributed by atoms with E-state index in [4.69, 9.17) is 10.2 Å². The number of carbonyl (C=O) groups is 1. The van der Waals surface area contributed by atoms with Crippen molar-refractivity contribution in [3.05, 3.63) is 29.7 Å². The van der Waals surface area contributed by atoms with Gasteiger partial charge in [0.05, 0.1) is 24.5 Å². The van der Waals surface area contributed by atoms with Gasteiger partial charge in [0.2, 0.25) is 5.91 Å². The maximum absolute atomic E-state index is 12.5. The number of aromatic amines is 1. The molecule has 0 atom stereocenters. The minimum atomic E-state index is 0.0651. The molecule has 0 aromatic carbocycles. The molecule has 0 bridgehead atoms. The molecule has 0 unspecified atom stereocenters. The molecule has 1 saturated heterocycles. The lowest BCUT2D eigenvalue weighted by Crippen LogP contribution is -2.42. The van der Waals surface area contributed by atoms with Crippen molar-refractivity contribution >= 4 is 22.8 Å². The molecule has 1 saturated carbocycles. The van der Waals surface area contributed by atoms with E-state index in [0.717, 1.165) is 41.0 Å². The van der Waals surface area contributed by atoms with Crippen LogP contribution >= 0.6 is 0 Å². The van der Waals surface area contributed by atoms with E-state index in [-0.39, 0.29) is 18.4 Å². The molecule has 0 spiro atoms. The van der Waals surface area contributed by atoms with Crippen LogP contribution in [0.1, 0.15) is 49.8 Å². The molecule has 0 radical (unpaired) electrons. The summed E-state index contributed by atoms with van der Waals surface area (Å²) in [6.45, 7) is 3.50. The van der Waals surface area contributed by atoms with Crippen LogP contribution in [0.2, 0.25) is 0 Å². The zero-order valence-corrected chi connectivity index (χ0v) is 15.5. The highest BCUT2D eigenvalue weighted by Crippen LogP contribution is 2.39. The zero-order chi connectivity index (χ0) is 18.8. The number of rotatable bonds is 5. The third-order valence-corrected chi connectivity index (χ3v) is 5.43. The first-order chi connectivity index (χ1) is 13.2. The number of amides is 1. The number of hydrogen-bond donors (Lipinski definition) is 2. The second-order valence-corrected chi connectivity index (χ2v) is 7.31. The first-order valence-electron chi connectivity index (χ1n) is 9.61. The van der Waals surface area contributed by atoms with E-state index in [1.807, 2.05) is 30.3 Å². The molecule has 2 N–H and O–H groups in total. The molecule has 1 aliphatic heterocycles. The summed E-state index contributed by atoms with van der Waals surface area (Å²) >= 11 is 0. The Morgan fingerprint density at radius 3 is 2.85 bits per heavy atom. The molecular weight excluding hydrogens is 340 g/mol. The maximum atomic E-state index is 12.5. The number of hydrogen-bond acceptors (Lipinski definition) is 5. The number of carbonyl (C=O) groups excluding carboxylic acids is 1. The Balaban J connectivity index is 1.44. The largest absolute Gasteiger partial charge is 0.376 e. The number of allylic oxidation sites excluding steroid dienone is 1. The van der Waals surface area contributed by atoms with Crippen LogP contribution in [0.4, 0.5) is 0 Å². The normalized spacial score (nSPS) is 18.5. The lowest BCUT2D eigenvalue weighted by molar-refractivity contribution is -0.131. The summed E-state index contributed by atoms with van der Waals surface area (Å²) in [5.74, 6) is 0.693. The Kier molecular flexibility index (Phi) is 4.80. The van der Waals surface area contributed by atoms with Gasteiger partial charge < -0.3 is 15.2 Å². The van der Waals surface area contributed by atoms with E-state index < -0.39 is 0 Å². The smallest absolute Gasteiger partial charge is 0.241 e. The molecule has 7 heteroatoms. The van der Waals surface area contributed by atoms with E-state index in [9.17, 15) is 4.79 Å². The summed E-state index contributed by atoms with van der Waals surface area (Å²) in [6, 6.07) is 2.30. The highest BCUT2D eigenvalue weighted by Gasteiger charge is 2.26. The van der Waals surface area contributed by atoms with E-state index in [2.05, 4.69) is 21.4 Å². The van der Waals surface area contributed by atoms with E-state index in [1.165, 1.54) is 12.8 Å². The van der Waals surface area contributed by atoms with Crippen LogP contribution in [0.3, 0.4) is 0 Å². The van der Waals surface area contributed by atoms with Gasteiger partial charge in [0.1, 0.15) is 5.52 Å². The van der Waals surface area contributed by atoms with E-state index in [1.54, 1.807) is 0 Å². The van der Waals surface area contributed by atoms with Gasteiger partial charge in [0.15, 0.2) is 5.65 Å². The van der Waals surface area contributed by atoms with Crippen LogP contribution in [0.25, 0.3) is 16.9 Å². The fourth-order valence-corrected chi connectivity index (χ4v) is 3.58. The number of aromatic nitrogens is 3. The minimum absolute atomic E-state index is 0.0651. The fraction of sp³-hybridized carbons (Fsp3) is 0.500. The van der Waals surface area contributed by atoms with Gasteiger partial charge in [-0.25, -0.2) is 9.97 Å². The number of H-pyrrole nitrogens is 1. The Morgan fingerprint density at radius 2 is 2.19 bits per heavy atom. The average Bonchev–Trinajstić information content (AvgIpc) is 3.49. The van der Waals surface area contributed by atoms with Gasteiger partial charge >= 0.3 is 0 Å². The van der Waals surface area contributed by atoms with Gasteiger partial charge in [-0.15, -0.1) is 0 Å². The molecule has 1 amide bonds. The van der Waals surface area contributed by atoms with Gasteiger partial charge in [0, 0.05) is 42.4 Å². The SMILES string of the molecule is CC=C(NCC(=O)N1CCC(C#N)CC1)c1c[nH]c2ncc(C3CC3)nc12. The van der Waals surface area contributed by atoms with Gasteiger partial charge in [-0.05, 0) is 32.6 Å².